The van der Waals surface area contributed by atoms with Crippen molar-refractivity contribution in [3.8, 4) is 0 Å². The molecule has 0 saturated carbocycles. The molecule has 0 atom stereocenters. The first-order chi connectivity index (χ1) is 11.1. The number of nitrogens with one attached hydrogen (secondary N) is 1. The zero-order valence-corrected chi connectivity index (χ0v) is 14.5. The van der Waals surface area contributed by atoms with Crippen LogP contribution in [0.3, 0.4) is 0 Å². The summed E-state index contributed by atoms with van der Waals surface area (Å²) in [6.45, 7) is 3.23. The van der Waals surface area contributed by atoms with E-state index in [4.69, 9.17) is 0 Å². The molecule has 0 unspecified atom stereocenters. The quantitative estimate of drug-likeness (QED) is 0.843. The summed E-state index contributed by atoms with van der Waals surface area (Å²) in [5, 5.41) is 9.18. The molecule has 0 aliphatic heterocycles. The summed E-state index contributed by atoms with van der Waals surface area (Å²) >= 11 is 0. The van der Waals surface area contributed by atoms with E-state index in [0.29, 0.717) is 17.1 Å². The van der Waals surface area contributed by atoms with Gasteiger partial charge in [-0.05, 0) is 31.0 Å². The number of aromatic nitrogens is 2. The number of hydrogen-bond acceptors (Lipinski definition) is 6. The van der Waals surface area contributed by atoms with E-state index < -0.39 is 16.0 Å². The summed E-state index contributed by atoms with van der Waals surface area (Å²) in [6, 6.07) is 2.69. The molecule has 1 aromatic heterocycles. The summed E-state index contributed by atoms with van der Waals surface area (Å²) in [4.78, 5) is 20.9. The molecule has 0 aliphatic carbocycles. The molecule has 128 valence electrons. The highest BCUT2D eigenvalue weighted by molar-refractivity contribution is 7.92. The first kappa shape index (κ1) is 17.7. The van der Waals surface area contributed by atoms with E-state index in [2.05, 4.69) is 14.7 Å². The van der Waals surface area contributed by atoms with Gasteiger partial charge in [0.25, 0.3) is 10.0 Å². The molecule has 8 nitrogen and oxygen atoms in total. The van der Waals surface area contributed by atoms with Crippen LogP contribution < -0.4 is 9.62 Å². The second kappa shape index (κ2) is 6.44. The van der Waals surface area contributed by atoms with Crippen molar-refractivity contribution >= 4 is 27.6 Å². The number of benzene rings is 1. The lowest BCUT2D eigenvalue weighted by molar-refractivity contribution is 0.0696. The van der Waals surface area contributed by atoms with Crippen molar-refractivity contribution < 1.29 is 18.3 Å². The van der Waals surface area contributed by atoms with Gasteiger partial charge in [-0.2, -0.15) is 0 Å². The number of aryl methyl sites for hydroxylation is 2. The minimum atomic E-state index is -3.96. The third kappa shape index (κ3) is 3.62. The van der Waals surface area contributed by atoms with Crippen LogP contribution in [0, 0.1) is 13.8 Å². The molecule has 0 saturated heterocycles. The number of sulfonamides is 1. The van der Waals surface area contributed by atoms with E-state index >= 15 is 0 Å². The summed E-state index contributed by atoms with van der Waals surface area (Å²) in [7, 11) is -0.425. The van der Waals surface area contributed by atoms with E-state index in [0.717, 1.165) is 6.07 Å². The molecule has 0 spiro atoms. The number of aromatic carboxylic acids is 1. The van der Waals surface area contributed by atoms with Gasteiger partial charge in [-0.15, -0.1) is 0 Å². The minimum Gasteiger partial charge on any atom is -0.478 e. The van der Waals surface area contributed by atoms with Crippen LogP contribution in [0.4, 0.5) is 11.6 Å². The molecule has 0 amide bonds. The van der Waals surface area contributed by atoms with Gasteiger partial charge < -0.3 is 10.0 Å². The highest BCUT2D eigenvalue weighted by Crippen LogP contribution is 2.23. The Kier molecular flexibility index (Phi) is 4.74. The van der Waals surface area contributed by atoms with Crippen LogP contribution >= 0.6 is 0 Å². The molecule has 2 N–H and O–H groups in total. The third-order valence-electron chi connectivity index (χ3n) is 3.33. The second-order valence-corrected chi connectivity index (χ2v) is 7.16. The van der Waals surface area contributed by atoms with Crippen molar-refractivity contribution in [3.63, 3.8) is 0 Å². The smallest absolute Gasteiger partial charge is 0.335 e. The Hall–Kier alpha value is -2.68. The minimum absolute atomic E-state index is 0.0554. The largest absolute Gasteiger partial charge is 0.478 e. The molecule has 2 rings (SSSR count). The van der Waals surface area contributed by atoms with E-state index in [1.165, 1.54) is 18.5 Å². The molecule has 9 heteroatoms. The molecule has 0 radical (unpaired) electrons. The van der Waals surface area contributed by atoms with Crippen LogP contribution in [0.15, 0.2) is 29.4 Å². The maximum atomic E-state index is 12.6. The van der Waals surface area contributed by atoms with Crippen LogP contribution in [0.5, 0.6) is 0 Å². The van der Waals surface area contributed by atoms with Crippen LogP contribution in [0.25, 0.3) is 0 Å². The lowest BCUT2D eigenvalue weighted by atomic mass is 10.1. The van der Waals surface area contributed by atoms with E-state index in [-0.39, 0.29) is 16.1 Å². The van der Waals surface area contributed by atoms with Crippen LogP contribution in [0.2, 0.25) is 0 Å². The van der Waals surface area contributed by atoms with Crippen molar-refractivity contribution in [1.29, 1.82) is 0 Å². The van der Waals surface area contributed by atoms with Crippen LogP contribution in [0.1, 0.15) is 21.5 Å². The molecule has 0 aliphatic rings. The zero-order chi connectivity index (χ0) is 18.1. The molecular weight excluding hydrogens is 332 g/mol. The standard InChI is InChI=1S/C15H18N4O4S/c1-9-5-10(2)13(6-12(9)14(20)21)24(22,23)18-11-7-16-15(17-8-11)19(3)4/h5-8,18H,1-4H3,(H,20,21). The number of anilines is 2. The third-order valence-corrected chi connectivity index (χ3v) is 4.86. The Balaban J connectivity index is 2.40. The van der Waals surface area contributed by atoms with Crippen LogP contribution in [-0.4, -0.2) is 43.6 Å². The summed E-state index contributed by atoms with van der Waals surface area (Å²) in [6.07, 6.45) is 2.70. The summed E-state index contributed by atoms with van der Waals surface area (Å²) in [5.41, 5.74) is 1.09. The SMILES string of the molecule is Cc1cc(C)c(S(=O)(=O)Nc2cnc(N(C)C)nc2)cc1C(=O)O. The number of hydrogen-bond donors (Lipinski definition) is 2. The Morgan fingerprint density at radius 3 is 2.21 bits per heavy atom. The maximum absolute atomic E-state index is 12.6. The average Bonchev–Trinajstić information content (AvgIpc) is 2.46. The number of nitrogens with zero attached hydrogens (tertiary/aromatic N) is 3. The Morgan fingerprint density at radius 1 is 1.12 bits per heavy atom. The Labute approximate surface area is 140 Å². The summed E-state index contributed by atoms with van der Waals surface area (Å²) in [5.74, 6) is -0.736. The predicted octanol–water partition coefficient (Wildman–Crippen LogP) is 1.66. The highest BCUT2D eigenvalue weighted by atomic mass is 32.2. The lowest BCUT2D eigenvalue weighted by Gasteiger charge is -2.13. The zero-order valence-electron chi connectivity index (χ0n) is 13.7. The number of carboxylic acid groups (broad SMARTS) is 1. The molecule has 24 heavy (non-hydrogen) atoms. The monoisotopic (exact) mass is 350 g/mol. The van der Waals surface area contributed by atoms with Crippen molar-refractivity contribution in [2.75, 3.05) is 23.7 Å². The first-order valence-corrected chi connectivity index (χ1v) is 8.47. The van der Waals surface area contributed by atoms with Crippen LogP contribution in [-0.2, 0) is 10.0 Å². The van der Waals surface area contributed by atoms with Crippen molar-refractivity contribution in [1.82, 2.24) is 9.97 Å². The fourth-order valence-corrected chi connectivity index (χ4v) is 3.45. The van der Waals surface area contributed by atoms with Gasteiger partial charge in [-0.25, -0.2) is 23.2 Å². The molecule has 2 aromatic rings. The average molecular weight is 350 g/mol. The highest BCUT2D eigenvalue weighted by Gasteiger charge is 2.21. The number of carboxylic acids is 1. The molecule has 1 aromatic carbocycles. The predicted molar refractivity (Wildman–Crippen MR) is 90.0 cm³/mol. The molecule has 0 bridgehead atoms. The molecule has 1 heterocycles. The fraction of sp³-hybridized carbons (Fsp3) is 0.267. The Morgan fingerprint density at radius 2 is 1.71 bits per heavy atom. The maximum Gasteiger partial charge on any atom is 0.335 e. The van der Waals surface area contributed by atoms with Gasteiger partial charge in [-0.3, -0.25) is 4.72 Å². The second-order valence-electron chi connectivity index (χ2n) is 5.51. The summed E-state index contributed by atoms with van der Waals surface area (Å²) < 4.78 is 27.5. The van der Waals surface area contributed by atoms with Gasteiger partial charge in [0.1, 0.15) is 0 Å². The van der Waals surface area contributed by atoms with Gasteiger partial charge in [-0.1, -0.05) is 6.07 Å². The first-order valence-electron chi connectivity index (χ1n) is 6.98. The van der Waals surface area contributed by atoms with E-state index in [1.807, 2.05) is 0 Å². The van der Waals surface area contributed by atoms with Crippen molar-refractivity contribution in [2.24, 2.45) is 0 Å². The van der Waals surface area contributed by atoms with Gasteiger partial charge in [0.2, 0.25) is 5.95 Å². The van der Waals surface area contributed by atoms with Gasteiger partial charge >= 0.3 is 5.97 Å². The Bertz CT molecular complexity index is 877. The topological polar surface area (TPSA) is 112 Å². The van der Waals surface area contributed by atoms with E-state index in [1.54, 1.807) is 32.8 Å². The number of rotatable bonds is 5. The molecular formula is C15H18N4O4S. The normalized spacial score (nSPS) is 11.2. The van der Waals surface area contributed by atoms with Gasteiger partial charge in [0.05, 0.1) is 28.5 Å². The fourth-order valence-electron chi connectivity index (χ4n) is 2.17. The van der Waals surface area contributed by atoms with E-state index in [9.17, 15) is 18.3 Å². The lowest BCUT2D eigenvalue weighted by Crippen LogP contribution is -2.17. The van der Waals surface area contributed by atoms with Gasteiger partial charge in [0.15, 0.2) is 0 Å². The molecule has 0 fully saturated rings. The number of carbonyl (C=O) groups is 1. The van der Waals surface area contributed by atoms with Crippen molar-refractivity contribution in [2.45, 2.75) is 18.7 Å². The van der Waals surface area contributed by atoms with Crippen molar-refractivity contribution in [3.05, 3.63) is 41.2 Å². The van der Waals surface area contributed by atoms with Gasteiger partial charge in [0, 0.05) is 14.1 Å².